The lowest BCUT2D eigenvalue weighted by atomic mass is 9.97. The average Bonchev–Trinajstić information content (AvgIpc) is 3.12. The molecule has 0 spiro atoms. The van der Waals surface area contributed by atoms with E-state index in [-0.39, 0.29) is 25.9 Å². The minimum Gasteiger partial charge on any atom is -0.463 e. The average molecular weight is 561 g/mol. The lowest BCUT2D eigenvalue weighted by Crippen LogP contribution is -2.65. The third kappa shape index (κ3) is 9.59. The van der Waals surface area contributed by atoms with E-state index in [2.05, 4.69) is 5.32 Å². The van der Waals surface area contributed by atoms with Gasteiger partial charge >= 0.3 is 23.9 Å². The van der Waals surface area contributed by atoms with E-state index in [0.29, 0.717) is 23.7 Å². The Labute approximate surface area is 223 Å². The lowest BCUT2D eigenvalue weighted by Gasteiger charge is -2.45. The van der Waals surface area contributed by atoms with Crippen LogP contribution in [-0.2, 0) is 57.3 Å². The Hall–Kier alpha value is -3.20. The number of amides is 3. The van der Waals surface area contributed by atoms with Gasteiger partial charge in [-0.05, 0) is 18.6 Å². The summed E-state index contributed by atoms with van der Waals surface area (Å²) in [6, 6.07) is -0.920. The zero-order chi connectivity index (χ0) is 28.4. The van der Waals surface area contributed by atoms with Gasteiger partial charge in [0.2, 0.25) is 5.91 Å². The summed E-state index contributed by atoms with van der Waals surface area (Å²) in [5.41, 5.74) is -0.803. The molecule has 2 aliphatic rings. The molecule has 2 heterocycles. The van der Waals surface area contributed by atoms with E-state index >= 15 is 0 Å². The minimum atomic E-state index is -1.17. The molecule has 5 atom stereocenters. The molecule has 2 rings (SSSR count). The molecule has 2 fully saturated rings. The second-order valence-electron chi connectivity index (χ2n) is 8.59. The number of hydrogen-bond donors (Lipinski definition) is 1. The summed E-state index contributed by atoms with van der Waals surface area (Å²) in [6.07, 6.45) is -2.50. The number of hydroxylamine groups is 2. The molecule has 0 aromatic heterocycles. The SMILES string of the molecule is CC(=O)NC1C(SCCCCC(=O)ON2C(=O)CCC2=O)OC(COC(C)=O)C(OC(C)=O)C1OC(C)=O. The van der Waals surface area contributed by atoms with Crippen LogP contribution in [0.15, 0.2) is 0 Å². The van der Waals surface area contributed by atoms with Gasteiger partial charge in [-0.3, -0.25) is 28.8 Å². The van der Waals surface area contributed by atoms with Gasteiger partial charge in [0.05, 0.1) is 0 Å². The van der Waals surface area contributed by atoms with Gasteiger partial charge in [-0.25, -0.2) is 4.79 Å². The molecule has 0 aromatic rings. The first-order chi connectivity index (χ1) is 17.9. The maximum Gasteiger partial charge on any atom is 0.333 e. The fourth-order valence-electron chi connectivity index (χ4n) is 3.81. The highest BCUT2D eigenvalue weighted by molar-refractivity contribution is 7.99. The van der Waals surface area contributed by atoms with Crippen molar-refractivity contribution >= 4 is 53.4 Å². The van der Waals surface area contributed by atoms with Crippen molar-refractivity contribution < 1.29 is 57.3 Å². The number of nitrogens with one attached hydrogen (secondary N) is 1. The van der Waals surface area contributed by atoms with Crippen LogP contribution in [0, 0.1) is 0 Å². The number of thioether (sulfide) groups is 1. The van der Waals surface area contributed by atoms with E-state index in [1.54, 1.807) is 0 Å². The standard InChI is InChI=1S/C23H32N2O12S/c1-12(26)24-20-22(35-15(4)29)21(34-14(3)28)16(11-33-13(2)27)36-23(20)38-10-6-5-7-19(32)37-25-17(30)8-9-18(25)31/h16,20-23H,5-11H2,1-4H3,(H,24,26). The third-order valence-corrected chi connectivity index (χ3v) is 6.58. The van der Waals surface area contributed by atoms with E-state index in [1.807, 2.05) is 0 Å². The van der Waals surface area contributed by atoms with E-state index in [4.69, 9.17) is 23.8 Å². The number of rotatable bonds is 12. The Morgan fingerprint density at radius 3 is 2.08 bits per heavy atom. The highest BCUT2D eigenvalue weighted by Crippen LogP contribution is 2.33. The normalized spacial score (nSPS) is 24.9. The summed E-state index contributed by atoms with van der Waals surface area (Å²) in [5, 5.41) is 3.17. The van der Waals surface area contributed by atoms with E-state index < -0.39 is 71.4 Å². The van der Waals surface area contributed by atoms with Crippen LogP contribution < -0.4 is 5.32 Å². The van der Waals surface area contributed by atoms with Crippen molar-refractivity contribution in [2.45, 2.75) is 89.6 Å². The zero-order valence-corrected chi connectivity index (χ0v) is 22.4. The molecule has 38 heavy (non-hydrogen) atoms. The first-order valence-corrected chi connectivity index (χ1v) is 13.0. The van der Waals surface area contributed by atoms with Gasteiger partial charge < -0.3 is 29.1 Å². The summed E-state index contributed by atoms with van der Waals surface area (Å²) < 4.78 is 21.9. The highest BCUT2D eigenvalue weighted by atomic mass is 32.2. The molecule has 212 valence electrons. The molecule has 1 N–H and O–H groups in total. The number of hydrogen-bond acceptors (Lipinski definition) is 13. The molecule has 2 aliphatic heterocycles. The monoisotopic (exact) mass is 560 g/mol. The number of esters is 3. The molecule has 0 aliphatic carbocycles. The first kappa shape index (κ1) is 31.0. The van der Waals surface area contributed by atoms with Crippen molar-refractivity contribution in [1.82, 2.24) is 10.4 Å². The van der Waals surface area contributed by atoms with Crippen LogP contribution in [0.25, 0.3) is 0 Å². The maximum absolute atomic E-state index is 12.0. The highest BCUT2D eigenvalue weighted by Gasteiger charge is 2.50. The van der Waals surface area contributed by atoms with Gasteiger partial charge in [0, 0.05) is 47.0 Å². The summed E-state index contributed by atoms with van der Waals surface area (Å²) >= 11 is 1.24. The quantitative estimate of drug-likeness (QED) is 0.148. The molecule has 2 saturated heterocycles. The van der Waals surface area contributed by atoms with Crippen molar-refractivity contribution in [1.29, 1.82) is 0 Å². The molecule has 3 amide bonds. The fraction of sp³-hybridized carbons (Fsp3) is 0.696. The van der Waals surface area contributed by atoms with Gasteiger partial charge in [-0.1, -0.05) is 0 Å². The number of nitrogens with zero attached hydrogens (tertiary/aromatic N) is 1. The second-order valence-corrected chi connectivity index (χ2v) is 9.80. The summed E-state index contributed by atoms with van der Waals surface area (Å²) in [5.74, 6) is -3.85. The summed E-state index contributed by atoms with van der Waals surface area (Å²) in [4.78, 5) is 87.0. The largest absolute Gasteiger partial charge is 0.463 e. The lowest BCUT2D eigenvalue weighted by molar-refractivity contribution is -0.211. The van der Waals surface area contributed by atoms with Crippen molar-refractivity contribution in [3.05, 3.63) is 0 Å². The predicted molar refractivity (Wildman–Crippen MR) is 127 cm³/mol. The van der Waals surface area contributed by atoms with E-state index in [0.717, 1.165) is 13.8 Å². The Balaban J connectivity index is 2.05. The number of imide groups is 1. The van der Waals surface area contributed by atoms with Gasteiger partial charge in [-0.2, -0.15) is 0 Å². The third-order valence-electron chi connectivity index (χ3n) is 5.33. The molecule has 15 heteroatoms. The summed E-state index contributed by atoms with van der Waals surface area (Å²) in [7, 11) is 0. The Morgan fingerprint density at radius 1 is 0.921 bits per heavy atom. The second kappa shape index (κ2) is 14.7. The number of carbonyl (C=O) groups is 7. The molecule has 14 nitrogen and oxygen atoms in total. The van der Waals surface area contributed by atoms with Crippen LogP contribution >= 0.6 is 11.8 Å². The smallest absolute Gasteiger partial charge is 0.333 e. The first-order valence-electron chi connectivity index (χ1n) is 12.0. The van der Waals surface area contributed by atoms with E-state index in [9.17, 15) is 33.6 Å². The van der Waals surface area contributed by atoms with Crippen LogP contribution in [0.4, 0.5) is 0 Å². The Morgan fingerprint density at radius 2 is 1.53 bits per heavy atom. The van der Waals surface area contributed by atoms with Gasteiger partial charge in [0.25, 0.3) is 11.8 Å². The molecule has 0 bridgehead atoms. The van der Waals surface area contributed by atoms with Crippen LogP contribution in [0.2, 0.25) is 0 Å². The van der Waals surface area contributed by atoms with Crippen molar-refractivity contribution in [2.75, 3.05) is 12.4 Å². The van der Waals surface area contributed by atoms with Gasteiger partial charge in [0.15, 0.2) is 12.2 Å². The Kier molecular flexibility index (Phi) is 12.0. The van der Waals surface area contributed by atoms with Crippen LogP contribution in [-0.4, -0.2) is 88.8 Å². The van der Waals surface area contributed by atoms with Gasteiger partial charge in [-0.15, -0.1) is 16.8 Å². The number of unbranched alkanes of at least 4 members (excludes halogenated alkanes) is 1. The van der Waals surface area contributed by atoms with Crippen molar-refractivity contribution in [3.63, 3.8) is 0 Å². The maximum atomic E-state index is 12.0. The zero-order valence-electron chi connectivity index (χ0n) is 21.6. The van der Waals surface area contributed by atoms with E-state index in [1.165, 1.54) is 25.6 Å². The van der Waals surface area contributed by atoms with Crippen LogP contribution in [0.5, 0.6) is 0 Å². The fourth-order valence-corrected chi connectivity index (χ4v) is 5.06. The van der Waals surface area contributed by atoms with Gasteiger partial charge in [0.1, 0.15) is 24.2 Å². The van der Waals surface area contributed by atoms with Crippen LogP contribution in [0.3, 0.4) is 0 Å². The topological polar surface area (TPSA) is 181 Å². The molecular weight excluding hydrogens is 528 g/mol. The molecule has 0 saturated carbocycles. The van der Waals surface area contributed by atoms with Crippen LogP contribution in [0.1, 0.15) is 59.8 Å². The summed E-state index contributed by atoms with van der Waals surface area (Å²) in [6.45, 7) is 4.48. The van der Waals surface area contributed by atoms with Crippen molar-refractivity contribution in [3.8, 4) is 0 Å². The molecule has 0 radical (unpaired) electrons. The molecule has 5 unspecified atom stereocenters. The molecular formula is C23H32N2O12S. The van der Waals surface area contributed by atoms with Crippen molar-refractivity contribution in [2.24, 2.45) is 0 Å². The number of carbonyl (C=O) groups excluding carboxylic acids is 7. The Bertz CT molecular complexity index is 925. The minimum absolute atomic E-state index is 0.00467. The molecule has 0 aromatic carbocycles. The number of ether oxygens (including phenoxy) is 4. The predicted octanol–water partition coefficient (Wildman–Crippen LogP) is 0.153.